The number of hydrogen-bond acceptors (Lipinski definition) is 1. The van der Waals surface area contributed by atoms with Gasteiger partial charge in [0.2, 0.25) is 0 Å². The van der Waals surface area contributed by atoms with Crippen molar-refractivity contribution in [1.29, 1.82) is 0 Å². The summed E-state index contributed by atoms with van der Waals surface area (Å²) < 4.78 is 25.9. The molecule has 0 radical (unpaired) electrons. The lowest BCUT2D eigenvalue weighted by Gasteiger charge is -2.12. The van der Waals surface area contributed by atoms with E-state index < -0.39 is 17.7 Å². The molecule has 16 heavy (non-hydrogen) atoms. The van der Waals surface area contributed by atoms with Gasteiger partial charge in [-0.3, -0.25) is 0 Å². The average Bonchev–Trinajstić information content (AvgIpc) is 2.16. The molecule has 1 N–H and O–H groups in total. The third-order valence-corrected chi connectivity index (χ3v) is 2.58. The molecule has 0 amide bonds. The van der Waals surface area contributed by atoms with Gasteiger partial charge in [0, 0.05) is 11.6 Å². The first-order valence-electron chi connectivity index (χ1n) is 5.63. The molecule has 0 saturated heterocycles. The molecule has 0 aliphatic carbocycles. The third-order valence-electron chi connectivity index (χ3n) is 2.58. The van der Waals surface area contributed by atoms with Gasteiger partial charge in [0.25, 0.3) is 0 Å². The molecule has 0 aromatic heterocycles. The Kier molecular flexibility index (Phi) is 4.87. The van der Waals surface area contributed by atoms with Crippen LogP contribution < -0.4 is 0 Å². The van der Waals surface area contributed by atoms with Gasteiger partial charge in [0.1, 0.15) is 11.6 Å². The predicted octanol–water partition coefficient (Wildman–Crippen LogP) is 3.82. The Balaban J connectivity index is 2.55. The van der Waals surface area contributed by atoms with Gasteiger partial charge in [-0.25, -0.2) is 8.78 Å². The maximum Gasteiger partial charge on any atom is 0.131 e. The minimum atomic E-state index is -0.834. The van der Waals surface area contributed by atoms with Gasteiger partial charge in [-0.1, -0.05) is 32.8 Å². The molecule has 0 aliphatic rings. The van der Waals surface area contributed by atoms with Crippen molar-refractivity contribution < 1.29 is 13.9 Å². The molecule has 0 spiro atoms. The van der Waals surface area contributed by atoms with E-state index >= 15 is 0 Å². The second-order valence-electron chi connectivity index (χ2n) is 4.51. The molecule has 0 aliphatic heterocycles. The van der Waals surface area contributed by atoms with Crippen LogP contribution in [-0.4, -0.2) is 5.11 Å². The smallest absolute Gasteiger partial charge is 0.131 e. The van der Waals surface area contributed by atoms with Crippen molar-refractivity contribution in [2.75, 3.05) is 0 Å². The Morgan fingerprint density at radius 1 is 1.19 bits per heavy atom. The van der Waals surface area contributed by atoms with Crippen LogP contribution in [0.25, 0.3) is 0 Å². The SMILES string of the molecule is CC(C)CCCC(O)c1ccc(F)cc1F. The van der Waals surface area contributed by atoms with Crippen LogP contribution in [0.1, 0.15) is 44.8 Å². The third kappa shape index (κ3) is 3.89. The fourth-order valence-corrected chi connectivity index (χ4v) is 1.65. The van der Waals surface area contributed by atoms with E-state index in [0.29, 0.717) is 12.3 Å². The van der Waals surface area contributed by atoms with Gasteiger partial charge in [-0.05, 0) is 18.4 Å². The van der Waals surface area contributed by atoms with E-state index in [4.69, 9.17) is 0 Å². The summed E-state index contributed by atoms with van der Waals surface area (Å²) in [5, 5.41) is 9.74. The number of benzene rings is 1. The van der Waals surface area contributed by atoms with Crippen molar-refractivity contribution in [3.63, 3.8) is 0 Å². The van der Waals surface area contributed by atoms with Crippen molar-refractivity contribution in [2.45, 2.75) is 39.2 Å². The molecular weight excluding hydrogens is 210 g/mol. The molecule has 90 valence electrons. The molecule has 1 nitrogen and oxygen atoms in total. The van der Waals surface area contributed by atoms with Crippen LogP contribution in [0.2, 0.25) is 0 Å². The van der Waals surface area contributed by atoms with Crippen LogP contribution >= 0.6 is 0 Å². The highest BCUT2D eigenvalue weighted by Crippen LogP contribution is 2.23. The fourth-order valence-electron chi connectivity index (χ4n) is 1.65. The van der Waals surface area contributed by atoms with E-state index in [-0.39, 0.29) is 5.56 Å². The largest absolute Gasteiger partial charge is 0.388 e. The molecule has 1 rings (SSSR count). The zero-order valence-electron chi connectivity index (χ0n) is 9.71. The molecule has 0 heterocycles. The summed E-state index contributed by atoms with van der Waals surface area (Å²) in [6.07, 6.45) is 1.52. The van der Waals surface area contributed by atoms with Crippen molar-refractivity contribution in [1.82, 2.24) is 0 Å². The van der Waals surface area contributed by atoms with Crippen molar-refractivity contribution >= 4 is 0 Å². The monoisotopic (exact) mass is 228 g/mol. The molecule has 1 aromatic rings. The second-order valence-corrected chi connectivity index (χ2v) is 4.51. The highest BCUT2D eigenvalue weighted by atomic mass is 19.1. The number of aliphatic hydroxyl groups excluding tert-OH is 1. The van der Waals surface area contributed by atoms with E-state index in [1.54, 1.807) is 0 Å². The molecule has 3 heteroatoms. The van der Waals surface area contributed by atoms with E-state index in [1.807, 2.05) is 0 Å². The van der Waals surface area contributed by atoms with Crippen LogP contribution in [0, 0.1) is 17.6 Å². The summed E-state index contributed by atoms with van der Waals surface area (Å²) in [5.74, 6) is -0.710. The standard InChI is InChI=1S/C13H18F2O/c1-9(2)4-3-5-13(16)11-7-6-10(14)8-12(11)15/h6-9,13,16H,3-5H2,1-2H3. The zero-order valence-corrected chi connectivity index (χ0v) is 9.71. The van der Waals surface area contributed by atoms with E-state index in [9.17, 15) is 13.9 Å². The molecule has 1 atom stereocenters. The second kappa shape index (κ2) is 5.94. The van der Waals surface area contributed by atoms with E-state index in [2.05, 4.69) is 13.8 Å². The summed E-state index contributed by atoms with van der Waals surface area (Å²) in [7, 11) is 0. The Morgan fingerprint density at radius 3 is 2.44 bits per heavy atom. The molecule has 0 fully saturated rings. The lowest BCUT2D eigenvalue weighted by atomic mass is 10.00. The highest BCUT2D eigenvalue weighted by Gasteiger charge is 2.13. The summed E-state index contributed by atoms with van der Waals surface area (Å²) in [6.45, 7) is 4.20. The Labute approximate surface area is 95.1 Å². The summed E-state index contributed by atoms with van der Waals surface area (Å²) in [6, 6.07) is 3.29. The van der Waals surface area contributed by atoms with Gasteiger partial charge in [0.15, 0.2) is 0 Å². The van der Waals surface area contributed by atoms with Crippen LogP contribution in [0.5, 0.6) is 0 Å². The molecule has 1 aromatic carbocycles. The molecule has 0 saturated carbocycles. The fraction of sp³-hybridized carbons (Fsp3) is 0.538. The Morgan fingerprint density at radius 2 is 1.88 bits per heavy atom. The summed E-state index contributed by atoms with van der Waals surface area (Å²) >= 11 is 0. The van der Waals surface area contributed by atoms with E-state index in [0.717, 1.165) is 18.9 Å². The van der Waals surface area contributed by atoms with Gasteiger partial charge in [-0.2, -0.15) is 0 Å². The Hall–Kier alpha value is -0.960. The number of aliphatic hydroxyl groups is 1. The minimum Gasteiger partial charge on any atom is -0.388 e. The molecular formula is C13H18F2O. The lowest BCUT2D eigenvalue weighted by molar-refractivity contribution is 0.157. The lowest BCUT2D eigenvalue weighted by Crippen LogP contribution is -2.02. The topological polar surface area (TPSA) is 20.2 Å². The predicted molar refractivity (Wildman–Crippen MR) is 60.0 cm³/mol. The van der Waals surface area contributed by atoms with Gasteiger partial charge < -0.3 is 5.11 Å². The van der Waals surface area contributed by atoms with Crippen molar-refractivity contribution in [3.8, 4) is 0 Å². The minimum absolute atomic E-state index is 0.185. The van der Waals surface area contributed by atoms with Crippen LogP contribution in [-0.2, 0) is 0 Å². The average molecular weight is 228 g/mol. The molecule has 1 unspecified atom stereocenters. The number of hydrogen-bond donors (Lipinski definition) is 1. The maximum atomic E-state index is 13.3. The van der Waals surface area contributed by atoms with Crippen LogP contribution in [0.15, 0.2) is 18.2 Å². The van der Waals surface area contributed by atoms with Gasteiger partial charge in [-0.15, -0.1) is 0 Å². The summed E-state index contributed by atoms with van der Waals surface area (Å²) in [4.78, 5) is 0. The number of rotatable bonds is 5. The van der Waals surface area contributed by atoms with Gasteiger partial charge in [0.05, 0.1) is 6.10 Å². The first kappa shape index (κ1) is 13.1. The first-order valence-corrected chi connectivity index (χ1v) is 5.63. The van der Waals surface area contributed by atoms with Crippen molar-refractivity contribution in [2.24, 2.45) is 5.92 Å². The van der Waals surface area contributed by atoms with Crippen molar-refractivity contribution in [3.05, 3.63) is 35.4 Å². The summed E-state index contributed by atoms with van der Waals surface area (Å²) in [5.41, 5.74) is 0.185. The van der Waals surface area contributed by atoms with Crippen LogP contribution in [0.3, 0.4) is 0 Å². The van der Waals surface area contributed by atoms with Crippen LogP contribution in [0.4, 0.5) is 8.78 Å². The quantitative estimate of drug-likeness (QED) is 0.812. The first-order chi connectivity index (χ1) is 7.50. The normalized spacial score (nSPS) is 13.1. The molecule has 0 bridgehead atoms. The van der Waals surface area contributed by atoms with E-state index in [1.165, 1.54) is 12.1 Å². The number of halogens is 2. The Bertz CT molecular complexity index is 337. The van der Waals surface area contributed by atoms with Gasteiger partial charge >= 0.3 is 0 Å². The maximum absolute atomic E-state index is 13.3. The highest BCUT2D eigenvalue weighted by molar-refractivity contribution is 5.20. The zero-order chi connectivity index (χ0) is 12.1.